The lowest BCUT2D eigenvalue weighted by molar-refractivity contribution is -0.0484. The van der Waals surface area contributed by atoms with Crippen LogP contribution in [0.5, 0.6) is 5.75 Å². The van der Waals surface area contributed by atoms with E-state index >= 15 is 0 Å². The molecule has 1 unspecified atom stereocenters. The van der Waals surface area contributed by atoms with Crippen molar-refractivity contribution in [2.75, 3.05) is 24.7 Å². The monoisotopic (exact) mass is 365 g/mol. The van der Waals surface area contributed by atoms with Gasteiger partial charge >= 0.3 is 15.5 Å². The van der Waals surface area contributed by atoms with Gasteiger partial charge in [-0.2, -0.15) is 17.5 Å². The number of oxime groups is 1. The van der Waals surface area contributed by atoms with Crippen molar-refractivity contribution < 1.29 is 31.2 Å². The molecule has 1 aromatic carbocycles. The van der Waals surface area contributed by atoms with Crippen LogP contribution < -0.4 is 9.64 Å². The summed E-state index contributed by atoms with van der Waals surface area (Å²) in [5.74, 6) is 0.422. The Balaban J connectivity index is 1.72. The lowest BCUT2D eigenvalue weighted by atomic mass is 10.2. The molecule has 0 N–H and O–H groups in total. The zero-order chi connectivity index (χ0) is 17.4. The molecular weight excluding hydrogens is 351 g/mol. The summed E-state index contributed by atoms with van der Waals surface area (Å²) < 4.78 is 66.8. The third kappa shape index (κ3) is 3.13. The fraction of sp³-hybridized carbons (Fsp3) is 0.462. The SMILES string of the molecule is O=S(=O)(N1CCC(Oc2ccccc2N2C=NOC2)C1)C(F)(F)F. The van der Waals surface area contributed by atoms with Gasteiger partial charge < -0.3 is 9.57 Å². The van der Waals surface area contributed by atoms with E-state index in [1.165, 1.54) is 6.34 Å². The zero-order valence-corrected chi connectivity index (χ0v) is 13.1. The molecule has 1 atom stereocenters. The summed E-state index contributed by atoms with van der Waals surface area (Å²) in [7, 11) is -5.33. The Hall–Kier alpha value is -2.01. The summed E-state index contributed by atoms with van der Waals surface area (Å²) in [5.41, 5.74) is -4.67. The van der Waals surface area contributed by atoms with E-state index in [1.807, 2.05) is 0 Å². The van der Waals surface area contributed by atoms with Gasteiger partial charge in [0, 0.05) is 6.54 Å². The number of ether oxygens (including phenoxy) is 1. The fourth-order valence-corrected chi connectivity index (χ4v) is 3.48. The van der Waals surface area contributed by atoms with Crippen molar-refractivity contribution >= 4 is 22.0 Å². The number of hydrogen-bond acceptors (Lipinski definition) is 6. The third-order valence-electron chi connectivity index (χ3n) is 3.67. The second-order valence-electron chi connectivity index (χ2n) is 5.25. The van der Waals surface area contributed by atoms with Crippen LogP contribution in [0.2, 0.25) is 0 Å². The topological polar surface area (TPSA) is 71.4 Å². The Bertz CT molecular complexity index is 738. The van der Waals surface area contributed by atoms with E-state index in [9.17, 15) is 21.6 Å². The Kier molecular flexibility index (Phi) is 4.30. The summed E-state index contributed by atoms with van der Waals surface area (Å²) in [5, 5.41) is 3.62. The van der Waals surface area contributed by atoms with Crippen LogP contribution in [0.1, 0.15) is 6.42 Å². The highest BCUT2D eigenvalue weighted by atomic mass is 32.2. The zero-order valence-electron chi connectivity index (χ0n) is 12.3. The summed E-state index contributed by atoms with van der Waals surface area (Å²) in [4.78, 5) is 6.52. The van der Waals surface area contributed by atoms with E-state index in [0.29, 0.717) is 15.7 Å². The number of anilines is 1. The highest BCUT2D eigenvalue weighted by molar-refractivity contribution is 7.90. The van der Waals surface area contributed by atoms with Gasteiger partial charge in [0.15, 0.2) is 6.73 Å². The molecule has 1 fully saturated rings. The molecule has 7 nitrogen and oxygen atoms in total. The minimum absolute atomic E-state index is 0.175. The number of alkyl halides is 3. The van der Waals surface area contributed by atoms with Gasteiger partial charge in [-0.05, 0) is 18.6 Å². The average Bonchev–Trinajstić information content (AvgIpc) is 3.18. The summed E-state index contributed by atoms with van der Waals surface area (Å²) >= 11 is 0. The molecule has 1 aromatic rings. The third-order valence-corrected chi connectivity index (χ3v) is 5.26. The molecule has 0 aliphatic carbocycles. The number of rotatable bonds is 4. The minimum atomic E-state index is -5.33. The maximum atomic E-state index is 12.6. The van der Waals surface area contributed by atoms with E-state index in [1.54, 1.807) is 29.2 Å². The van der Waals surface area contributed by atoms with Gasteiger partial charge in [0.25, 0.3) is 0 Å². The molecule has 0 saturated carbocycles. The lowest BCUT2D eigenvalue weighted by Gasteiger charge is -2.21. The average molecular weight is 365 g/mol. The standard InChI is InChI=1S/C13H14F3N3O4S/c14-13(15,16)24(20,21)19-6-5-10(7-19)23-12-4-2-1-3-11(12)18-8-17-22-9-18/h1-4,8,10H,5-7,9H2. The van der Waals surface area contributed by atoms with Crippen LogP contribution in [0.25, 0.3) is 0 Å². The number of para-hydroxylation sites is 2. The molecule has 11 heteroatoms. The van der Waals surface area contributed by atoms with Gasteiger partial charge in [0.2, 0.25) is 0 Å². The summed E-state index contributed by atoms with van der Waals surface area (Å²) in [6.45, 7) is -0.386. The smallest absolute Gasteiger partial charge is 0.487 e. The number of halogens is 3. The molecule has 0 aromatic heterocycles. The van der Waals surface area contributed by atoms with Crippen LogP contribution >= 0.6 is 0 Å². The molecular formula is C13H14F3N3O4S. The first kappa shape index (κ1) is 16.8. The molecule has 24 heavy (non-hydrogen) atoms. The van der Waals surface area contributed by atoms with E-state index in [0.717, 1.165) is 0 Å². The summed E-state index contributed by atoms with van der Waals surface area (Å²) in [6.07, 6.45) is 0.967. The van der Waals surface area contributed by atoms with Gasteiger partial charge in [0.1, 0.15) is 18.2 Å². The fourth-order valence-electron chi connectivity index (χ4n) is 2.48. The van der Waals surface area contributed by atoms with Crippen LogP contribution in [0, 0.1) is 0 Å². The molecule has 0 spiro atoms. The van der Waals surface area contributed by atoms with Crippen molar-refractivity contribution in [2.45, 2.75) is 18.0 Å². The predicted octanol–water partition coefficient (Wildman–Crippen LogP) is 1.73. The molecule has 0 amide bonds. The minimum Gasteiger partial charge on any atom is -0.487 e. The van der Waals surface area contributed by atoms with Gasteiger partial charge in [-0.25, -0.2) is 8.42 Å². The van der Waals surface area contributed by atoms with E-state index < -0.39 is 21.6 Å². The van der Waals surface area contributed by atoms with Crippen LogP contribution in [-0.4, -0.2) is 50.5 Å². The number of hydrogen-bond donors (Lipinski definition) is 0. The van der Waals surface area contributed by atoms with Crippen LogP contribution in [-0.2, 0) is 14.9 Å². The molecule has 0 bridgehead atoms. The van der Waals surface area contributed by atoms with E-state index in [2.05, 4.69) is 5.16 Å². The lowest BCUT2D eigenvalue weighted by Crippen LogP contribution is -2.40. The predicted molar refractivity (Wildman–Crippen MR) is 78.9 cm³/mol. The maximum absolute atomic E-state index is 12.6. The Morgan fingerprint density at radius 2 is 2.04 bits per heavy atom. The Labute approximate surface area is 136 Å². The van der Waals surface area contributed by atoms with E-state index in [4.69, 9.17) is 9.57 Å². The van der Waals surface area contributed by atoms with Gasteiger partial charge in [-0.1, -0.05) is 17.3 Å². The normalized spacial score (nSPS) is 22.0. The largest absolute Gasteiger partial charge is 0.511 e. The molecule has 2 aliphatic rings. The van der Waals surface area contributed by atoms with Crippen LogP contribution in [0.4, 0.5) is 18.9 Å². The van der Waals surface area contributed by atoms with Crippen molar-refractivity contribution in [2.24, 2.45) is 5.16 Å². The molecule has 2 aliphatic heterocycles. The number of sulfonamides is 1. The van der Waals surface area contributed by atoms with Crippen molar-refractivity contribution in [1.82, 2.24) is 4.31 Å². The van der Waals surface area contributed by atoms with Crippen LogP contribution in [0.3, 0.4) is 0 Å². The molecule has 1 saturated heterocycles. The molecule has 132 valence electrons. The number of nitrogens with zero attached hydrogens (tertiary/aromatic N) is 3. The first-order chi connectivity index (χ1) is 11.3. The van der Waals surface area contributed by atoms with Gasteiger partial charge in [-0.3, -0.25) is 4.90 Å². The molecule has 0 radical (unpaired) electrons. The highest BCUT2D eigenvalue weighted by Crippen LogP contribution is 2.33. The van der Waals surface area contributed by atoms with E-state index in [-0.39, 0.29) is 26.2 Å². The highest BCUT2D eigenvalue weighted by Gasteiger charge is 2.51. The second kappa shape index (κ2) is 6.13. The van der Waals surface area contributed by atoms with Crippen molar-refractivity contribution in [3.63, 3.8) is 0 Å². The number of benzene rings is 1. The van der Waals surface area contributed by atoms with Crippen molar-refractivity contribution in [3.05, 3.63) is 24.3 Å². The first-order valence-electron chi connectivity index (χ1n) is 7.03. The summed E-state index contributed by atoms with van der Waals surface area (Å²) in [6, 6.07) is 6.88. The maximum Gasteiger partial charge on any atom is 0.511 e. The quantitative estimate of drug-likeness (QED) is 0.813. The Morgan fingerprint density at radius 1 is 1.29 bits per heavy atom. The van der Waals surface area contributed by atoms with Gasteiger partial charge in [-0.15, -0.1) is 0 Å². The molecule has 2 heterocycles. The van der Waals surface area contributed by atoms with Crippen molar-refractivity contribution in [1.29, 1.82) is 0 Å². The van der Waals surface area contributed by atoms with Gasteiger partial charge in [0.05, 0.1) is 12.2 Å². The van der Waals surface area contributed by atoms with Crippen molar-refractivity contribution in [3.8, 4) is 5.75 Å². The van der Waals surface area contributed by atoms with Crippen LogP contribution in [0.15, 0.2) is 29.4 Å². The Morgan fingerprint density at radius 3 is 2.71 bits per heavy atom. The first-order valence-corrected chi connectivity index (χ1v) is 8.47. The second-order valence-corrected chi connectivity index (χ2v) is 7.18. The molecule has 3 rings (SSSR count).